The summed E-state index contributed by atoms with van der Waals surface area (Å²) in [4.78, 5) is 14.7. The van der Waals surface area contributed by atoms with E-state index < -0.39 is 0 Å². The van der Waals surface area contributed by atoms with E-state index in [1.54, 1.807) is 11.2 Å². The Balaban J connectivity index is 1.75. The quantitative estimate of drug-likeness (QED) is 0.712. The molecule has 2 aromatic rings. The number of aromatic nitrogens is 3. The van der Waals surface area contributed by atoms with Crippen LogP contribution in [0.3, 0.4) is 0 Å². The minimum absolute atomic E-state index is 0.0190. The number of aryl methyl sites for hydroxylation is 1. The van der Waals surface area contributed by atoms with Crippen LogP contribution >= 0.6 is 11.8 Å². The average Bonchev–Trinajstić information content (AvgIpc) is 3.36. The van der Waals surface area contributed by atoms with Crippen molar-refractivity contribution in [3.05, 3.63) is 36.2 Å². The average molecular weight is 355 g/mol. The number of nitrogens with zero attached hydrogens (tertiary/aromatic N) is 5. The van der Waals surface area contributed by atoms with Crippen molar-refractivity contribution in [3.63, 3.8) is 0 Å². The fourth-order valence-corrected chi connectivity index (χ4v) is 3.56. The first-order valence-corrected chi connectivity index (χ1v) is 9.29. The maximum Gasteiger partial charge on any atom is 0.240 e. The molecule has 1 fully saturated rings. The number of carbonyl (C=O) groups is 1. The standard InChI is InChI=1S/C18H21N5OS/c1-13-4-6-15(7-5-13)22(11-3-10-19)17(24)14(2)25-18-21-20-12-23(18)16-8-9-16/h4-7,12,14,16H,3,8-9,11H2,1-2H3. The highest BCUT2D eigenvalue weighted by molar-refractivity contribution is 8.00. The molecule has 0 spiro atoms. The highest BCUT2D eigenvalue weighted by Gasteiger charge is 2.29. The van der Waals surface area contributed by atoms with Crippen molar-refractivity contribution in [2.45, 2.75) is 49.6 Å². The first-order valence-electron chi connectivity index (χ1n) is 8.41. The van der Waals surface area contributed by atoms with Gasteiger partial charge >= 0.3 is 0 Å². The molecular formula is C18H21N5OS. The Bertz CT molecular complexity index is 776. The van der Waals surface area contributed by atoms with E-state index in [0.29, 0.717) is 19.0 Å². The summed E-state index contributed by atoms with van der Waals surface area (Å²) >= 11 is 1.43. The summed E-state index contributed by atoms with van der Waals surface area (Å²) in [6.45, 7) is 4.28. The number of nitriles is 1. The number of amides is 1. The van der Waals surface area contributed by atoms with E-state index in [2.05, 4.69) is 20.8 Å². The highest BCUT2D eigenvalue weighted by Crippen LogP contribution is 2.38. The second kappa shape index (κ2) is 7.70. The van der Waals surface area contributed by atoms with Gasteiger partial charge < -0.3 is 9.47 Å². The van der Waals surface area contributed by atoms with Crippen molar-refractivity contribution in [3.8, 4) is 6.07 Å². The van der Waals surface area contributed by atoms with E-state index in [4.69, 9.17) is 5.26 Å². The summed E-state index contributed by atoms with van der Waals surface area (Å²) < 4.78 is 2.06. The fourth-order valence-electron chi connectivity index (χ4n) is 2.60. The molecular weight excluding hydrogens is 334 g/mol. The van der Waals surface area contributed by atoms with Crippen LogP contribution in [0.4, 0.5) is 5.69 Å². The number of thioether (sulfide) groups is 1. The zero-order chi connectivity index (χ0) is 17.8. The van der Waals surface area contributed by atoms with E-state index in [0.717, 1.165) is 29.2 Å². The lowest BCUT2D eigenvalue weighted by atomic mass is 10.2. The molecule has 1 aromatic carbocycles. The second-order valence-electron chi connectivity index (χ2n) is 6.25. The molecule has 25 heavy (non-hydrogen) atoms. The van der Waals surface area contributed by atoms with Gasteiger partial charge in [-0.05, 0) is 38.8 Å². The molecule has 0 radical (unpaired) electrons. The molecule has 1 amide bonds. The van der Waals surface area contributed by atoms with Crippen LogP contribution in [0.5, 0.6) is 0 Å². The summed E-state index contributed by atoms with van der Waals surface area (Å²) in [5.41, 5.74) is 1.96. The van der Waals surface area contributed by atoms with Crippen molar-refractivity contribution in [1.29, 1.82) is 5.26 Å². The monoisotopic (exact) mass is 355 g/mol. The summed E-state index contributed by atoms with van der Waals surface area (Å²) in [6.07, 6.45) is 4.33. The molecule has 1 aliphatic rings. The number of hydrogen-bond acceptors (Lipinski definition) is 5. The van der Waals surface area contributed by atoms with Crippen LogP contribution in [0.15, 0.2) is 35.7 Å². The van der Waals surface area contributed by atoms with Gasteiger partial charge in [-0.3, -0.25) is 4.79 Å². The van der Waals surface area contributed by atoms with Gasteiger partial charge in [-0.15, -0.1) is 10.2 Å². The van der Waals surface area contributed by atoms with E-state index >= 15 is 0 Å². The lowest BCUT2D eigenvalue weighted by Crippen LogP contribution is -2.37. The molecule has 1 aliphatic carbocycles. The number of carbonyl (C=O) groups excluding carboxylic acids is 1. The van der Waals surface area contributed by atoms with E-state index in [9.17, 15) is 4.79 Å². The van der Waals surface area contributed by atoms with E-state index in [1.807, 2.05) is 38.1 Å². The van der Waals surface area contributed by atoms with Crippen LogP contribution in [0.2, 0.25) is 0 Å². The third kappa shape index (κ3) is 4.20. The first kappa shape index (κ1) is 17.5. The van der Waals surface area contributed by atoms with Gasteiger partial charge in [-0.25, -0.2) is 0 Å². The van der Waals surface area contributed by atoms with E-state index in [1.165, 1.54) is 11.8 Å². The summed E-state index contributed by atoms with van der Waals surface area (Å²) in [5, 5.41) is 17.5. The lowest BCUT2D eigenvalue weighted by Gasteiger charge is -2.25. The van der Waals surface area contributed by atoms with Gasteiger partial charge in [0.1, 0.15) is 6.33 Å². The maximum absolute atomic E-state index is 13.0. The smallest absolute Gasteiger partial charge is 0.240 e. The first-order chi connectivity index (χ1) is 12.1. The third-order valence-corrected chi connectivity index (χ3v) is 5.23. The van der Waals surface area contributed by atoms with Crippen molar-refractivity contribution in [2.75, 3.05) is 11.4 Å². The highest BCUT2D eigenvalue weighted by atomic mass is 32.2. The second-order valence-corrected chi connectivity index (χ2v) is 7.55. The Morgan fingerprint density at radius 2 is 2.16 bits per heavy atom. The van der Waals surface area contributed by atoms with Gasteiger partial charge in [0.25, 0.3) is 0 Å². The predicted octanol–water partition coefficient (Wildman–Crippen LogP) is 3.35. The van der Waals surface area contributed by atoms with Crippen molar-refractivity contribution in [1.82, 2.24) is 14.8 Å². The summed E-state index contributed by atoms with van der Waals surface area (Å²) in [5.74, 6) is -0.0190. The molecule has 0 aliphatic heterocycles. The van der Waals surface area contributed by atoms with Crippen LogP contribution in [-0.2, 0) is 4.79 Å². The molecule has 130 valence electrons. The normalized spacial score (nSPS) is 14.8. The Hall–Kier alpha value is -2.33. The number of benzene rings is 1. The third-order valence-electron chi connectivity index (χ3n) is 4.17. The largest absolute Gasteiger partial charge is 0.310 e. The fraction of sp³-hybridized carbons (Fsp3) is 0.444. The molecule has 7 heteroatoms. The molecule has 1 heterocycles. The Morgan fingerprint density at radius 3 is 2.80 bits per heavy atom. The SMILES string of the molecule is Cc1ccc(N(CCC#N)C(=O)C(C)Sc2nncn2C2CC2)cc1. The molecule has 6 nitrogen and oxygen atoms in total. The van der Waals surface area contributed by atoms with Gasteiger partial charge in [0, 0.05) is 18.3 Å². The van der Waals surface area contributed by atoms with Crippen LogP contribution in [-0.4, -0.2) is 32.5 Å². The summed E-state index contributed by atoms with van der Waals surface area (Å²) in [7, 11) is 0. The maximum atomic E-state index is 13.0. The molecule has 1 unspecified atom stereocenters. The Labute approximate surface area is 151 Å². The molecule has 0 saturated heterocycles. The van der Waals surface area contributed by atoms with Crippen molar-refractivity contribution < 1.29 is 4.79 Å². The lowest BCUT2D eigenvalue weighted by molar-refractivity contribution is -0.117. The van der Waals surface area contributed by atoms with Crippen molar-refractivity contribution >= 4 is 23.4 Å². The molecule has 1 aromatic heterocycles. The Morgan fingerprint density at radius 1 is 1.44 bits per heavy atom. The number of rotatable bonds is 7. The van der Waals surface area contributed by atoms with Crippen LogP contribution in [0, 0.1) is 18.3 Å². The molecule has 3 rings (SSSR count). The Kier molecular flexibility index (Phi) is 5.39. The molecule has 1 saturated carbocycles. The minimum Gasteiger partial charge on any atom is -0.310 e. The molecule has 0 N–H and O–H groups in total. The van der Waals surface area contributed by atoms with Crippen LogP contribution in [0.25, 0.3) is 0 Å². The van der Waals surface area contributed by atoms with Gasteiger partial charge in [0.2, 0.25) is 5.91 Å². The number of anilines is 1. The van der Waals surface area contributed by atoms with E-state index in [-0.39, 0.29) is 11.2 Å². The van der Waals surface area contributed by atoms with Gasteiger partial charge in [-0.2, -0.15) is 5.26 Å². The summed E-state index contributed by atoms with van der Waals surface area (Å²) in [6, 6.07) is 10.4. The van der Waals surface area contributed by atoms with Gasteiger partial charge in [0.05, 0.1) is 17.7 Å². The van der Waals surface area contributed by atoms with Crippen molar-refractivity contribution in [2.24, 2.45) is 0 Å². The van der Waals surface area contributed by atoms with Crippen LogP contribution < -0.4 is 4.90 Å². The topological polar surface area (TPSA) is 74.8 Å². The number of hydrogen-bond donors (Lipinski definition) is 0. The molecule has 0 bridgehead atoms. The zero-order valence-corrected chi connectivity index (χ0v) is 15.2. The van der Waals surface area contributed by atoms with Gasteiger partial charge in [-0.1, -0.05) is 29.5 Å². The predicted molar refractivity (Wildman–Crippen MR) is 97.4 cm³/mol. The minimum atomic E-state index is -0.304. The molecule has 1 atom stereocenters. The van der Waals surface area contributed by atoms with Gasteiger partial charge in [0.15, 0.2) is 5.16 Å². The zero-order valence-electron chi connectivity index (χ0n) is 14.4. The van der Waals surface area contributed by atoms with Crippen LogP contribution in [0.1, 0.15) is 37.8 Å².